The molecule has 2 amide bonds. The number of hydrogen-bond donors (Lipinski definition) is 4. The molecule has 39 heavy (non-hydrogen) atoms. The first-order valence-electron chi connectivity index (χ1n) is 11.8. The monoisotopic (exact) mass is 555 g/mol. The van der Waals surface area contributed by atoms with Crippen LogP contribution < -0.4 is 21.1 Å². The zero-order valence-corrected chi connectivity index (χ0v) is 21.6. The molecular weight excluding hydrogens is 530 g/mol. The average molecular weight is 556 g/mol. The first-order chi connectivity index (χ1) is 18.3. The number of nitrogens with zero attached hydrogens (tertiary/aromatic N) is 2. The van der Waals surface area contributed by atoms with E-state index in [0.29, 0.717) is 34.7 Å². The van der Waals surface area contributed by atoms with E-state index in [1.165, 1.54) is 22.6 Å². The summed E-state index contributed by atoms with van der Waals surface area (Å²) >= 11 is 0. The Morgan fingerprint density at radius 3 is 2.74 bits per heavy atom. The molecule has 4 N–H and O–H groups in total. The number of rotatable bonds is 6. The van der Waals surface area contributed by atoms with Crippen LogP contribution in [0.1, 0.15) is 11.1 Å². The maximum Gasteiger partial charge on any atom is 0.325 e. The molecule has 1 fully saturated rings. The molecule has 5 rings (SSSR count). The van der Waals surface area contributed by atoms with Gasteiger partial charge in [0.05, 0.1) is 19.2 Å². The highest BCUT2D eigenvalue weighted by Gasteiger charge is 2.39. The van der Waals surface area contributed by atoms with Gasteiger partial charge >= 0.3 is 5.97 Å². The van der Waals surface area contributed by atoms with Crippen molar-refractivity contribution in [1.82, 2.24) is 9.88 Å². The number of amidine groups is 1. The number of anilines is 2. The van der Waals surface area contributed by atoms with E-state index in [0.717, 1.165) is 11.1 Å². The van der Waals surface area contributed by atoms with E-state index in [2.05, 4.69) is 10.6 Å². The lowest BCUT2D eigenvalue weighted by Crippen LogP contribution is -2.55. The molecule has 2 atom stereocenters. The number of pyridine rings is 1. The Kier molecular flexibility index (Phi) is 8.00. The van der Waals surface area contributed by atoms with Crippen LogP contribution in [-0.4, -0.2) is 65.8 Å². The third-order valence-corrected chi connectivity index (χ3v) is 6.58. The molecule has 0 spiro atoms. The fraction of sp³-hybridized carbons (Fsp3) is 0.269. The van der Waals surface area contributed by atoms with Gasteiger partial charge < -0.3 is 30.1 Å². The van der Waals surface area contributed by atoms with Gasteiger partial charge in [0.15, 0.2) is 12.2 Å². The molecule has 2 aliphatic rings. The van der Waals surface area contributed by atoms with Crippen molar-refractivity contribution in [2.24, 2.45) is 0 Å². The molecule has 1 aromatic heterocycles. The molecule has 0 aliphatic carbocycles. The topological polar surface area (TPSA) is 163 Å². The van der Waals surface area contributed by atoms with Crippen LogP contribution in [0.15, 0.2) is 53.3 Å². The smallest absolute Gasteiger partial charge is 0.325 e. The number of carbonyl (C=O) groups is 3. The summed E-state index contributed by atoms with van der Waals surface area (Å²) in [4.78, 5) is 51.8. The van der Waals surface area contributed by atoms with Gasteiger partial charge in [-0.2, -0.15) is 0 Å². The Morgan fingerprint density at radius 1 is 1.21 bits per heavy atom. The molecule has 3 heterocycles. The molecule has 0 saturated carbocycles. The largest absolute Gasteiger partial charge is 0.468 e. The number of halogens is 1. The van der Waals surface area contributed by atoms with Gasteiger partial charge in [-0.25, -0.2) is 0 Å². The van der Waals surface area contributed by atoms with E-state index >= 15 is 0 Å². The third-order valence-electron chi connectivity index (χ3n) is 6.58. The van der Waals surface area contributed by atoms with Crippen molar-refractivity contribution < 1.29 is 29.0 Å². The second-order valence-electron chi connectivity index (χ2n) is 8.89. The van der Waals surface area contributed by atoms with E-state index in [1.54, 1.807) is 42.5 Å². The van der Waals surface area contributed by atoms with Gasteiger partial charge in [0.25, 0.3) is 17.4 Å². The van der Waals surface area contributed by atoms with E-state index in [9.17, 15) is 24.3 Å². The quantitative estimate of drug-likeness (QED) is 0.324. The number of nitrogens with one attached hydrogen (secondary N) is 3. The van der Waals surface area contributed by atoms with Gasteiger partial charge in [0.2, 0.25) is 0 Å². The third kappa shape index (κ3) is 5.35. The molecular formula is C26H26ClN5O7. The summed E-state index contributed by atoms with van der Waals surface area (Å²) in [7, 11) is 1.23. The number of hydrogen-bond acceptors (Lipinski definition) is 8. The maximum absolute atomic E-state index is 13.3. The van der Waals surface area contributed by atoms with Crippen LogP contribution >= 0.6 is 12.4 Å². The number of carbonyl (C=O) groups excluding carboxylic acids is 3. The summed E-state index contributed by atoms with van der Waals surface area (Å²) in [5, 5.41) is 24.7. The van der Waals surface area contributed by atoms with E-state index in [1.807, 2.05) is 0 Å². The van der Waals surface area contributed by atoms with E-state index in [4.69, 9.17) is 14.9 Å². The average Bonchev–Trinajstić information content (AvgIpc) is 3.29. The van der Waals surface area contributed by atoms with Crippen molar-refractivity contribution in [3.05, 3.63) is 70.0 Å². The standard InChI is InChI=1S/C26H25N5O7.ClH/c1-37-21(33)13-31-19-11-17(5-2-14(19)3-7-20(31)32)30-8-9-38-23(26(30)36)22(34)25(35)29-16-4-6-18-15(10-16)12-28-24(18)27;/h2-7,10-11,22-23,34H,8-9,12-13H2,1H3,(H2,27,28)(H,29,35);1H/t22-,23-;/m1./s1. The number of esters is 1. The SMILES string of the molecule is COC(=O)Cn1c(=O)ccc2ccc(N3CCO[C@H]([C@@H](O)C(=O)Nc4ccc5c(c4)CNC5=N)C3=O)cc21.Cl. The minimum Gasteiger partial charge on any atom is -0.468 e. The summed E-state index contributed by atoms with van der Waals surface area (Å²) in [5.41, 5.74) is 2.42. The predicted octanol–water partition coefficient (Wildman–Crippen LogP) is 0.756. The summed E-state index contributed by atoms with van der Waals surface area (Å²) in [6.45, 7) is 0.385. The number of morpholine rings is 1. The van der Waals surface area contributed by atoms with Crippen molar-refractivity contribution in [2.45, 2.75) is 25.3 Å². The molecule has 2 aromatic carbocycles. The second kappa shape index (κ2) is 11.2. The molecule has 3 aromatic rings. The number of aliphatic hydroxyl groups is 1. The number of amides is 2. The fourth-order valence-electron chi connectivity index (χ4n) is 4.58. The highest BCUT2D eigenvalue weighted by Crippen LogP contribution is 2.26. The first-order valence-corrected chi connectivity index (χ1v) is 11.8. The molecule has 12 nitrogen and oxygen atoms in total. The van der Waals surface area contributed by atoms with Crippen LogP contribution in [-0.2, 0) is 36.9 Å². The number of fused-ring (bicyclic) bond motifs is 2. The normalized spacial score (nSPS) is 17.2. The molecule has 0 bridgehead atoms. The minimum absolute atomic E-state index is 0. The molecule has 1 saturated heterocycles. The molecule has 0 radical (unpaired) electrons. The predicted molar refractivity (Wildman–Crippen MR) is 144 cm³/mol. The Bertz CT molecular complexity index is 1540. The van der Waals surface area contributed by atoms with Gasteiger partial charge in [-0.3, -0.25) is 29.2 Å². The molecule has 13 heteroatoms. The van der Waals surface area contributed by atoms with Crippen molar-refractivity contribution in [1.29, 1.82) is 5.41 Å². The molecule has 204 valence electrons. The summed E-state index contributed by atoms with van der Waals surface area (Å²) in [6.07, 6.45) is -3.23. The lowest BCUT2D eigenvalue weighted by Gasteiger charge is -2.34. The van der Waals surface area contributed by atoms with Crippen molar-refractivity contribution in [2.75, 3.05) is 30.5 Å². The number of aromatic nitrogens is 1. The minimum atomic E-state index is -1.78. The second-order valence-corrected chi connectivity index (χ2v) is 8.89. The van der Waals surface area contributed by atoms with Gasteiger partial charge in [0.1, 0.15) is 12.4 Å². The van der Waals surface area contributed by atoms with Crippen LogP contribution in [0.5, 0.6) is 0 Å². The maximum atomic E-state index is 13.3. The lowest BCUT2D eigenvalue weighted by molar-refractivity contribution is -0.150. The number of benzene rings is 2. The van der Waals surface area contributed by atoms with E-state index in [-0.39, 0.29) is 32.1 Å². The number of aliphatic hydroxyl groups excluding tert-OH is 1. The Balaban J connectivity index is 0.00000353. The van der Waals surface area contributed by atoms with Gasteiger partial charge in [-0.05, 0) is 47.3 Å². The molecule has 2 aliphatic heterocycles. The summed E-state index contributed by atoms with van der Waals surface area (Å²) in [6, 6.07) is 13.0. The van der Waals surface area contributed by atoms with Crippen LogP contribution in [0.4, 0.5) is 11.4 Å². The van der Waals surface area contributed by atoms with Crippen molar-refractivity contribution >= 4 is 58.3 Å². The first kappa shape index (κ1) is 27.8. The van der Waals surface area contributed by atoms with Gasteiger partial charge in [0, 0.05) is 36.1 Å². The number of methoxy groups -OCH3 is 1. The van der Waals surface area contributed by atoms with Gasteiger partial charge in [-0.15, -0.1) is 12.4 Å². The van der Waals surface area contributed by atoms with Gasteiger partial charge in [-0.1, -0.05) is 6.07 Å². The van der Waals surface area contributed by atoms with Crippen molar-refractivity contribution in [3.63, 3.8) is 0 Å². The number of ether oxygens (including phenoxy) is 2. The van der Waals surface area contributed by atoms with Crippen LogP contribution in [0.2, 0.25) is 0 Å². The Hall–Kier alpha value is -4.26. The summed E-state index contributed by atoms with van der Waals surface area (Å²) < 4.78 is 11.4. The van der Waals surface area contributed by atoms with E-state index < -0.39 is 35.6 Å². The zero-order chi connectivity index (χ0) is 27.0. The highest BCUT2D eigenvalue weighted by molar-refractivity contribution is 6.05. The zero-order valence-electron chi connectivity index (χ0n) is 20.8. The van der Waals surface area contributed by atoms with Crippen molar-refractivity contribution in [3.8, 4) is 0 Å². The Morgan fingerprint density at radius 2 is 1.97 bits per heavy atom. The lowest BCUT2D eigenvalue weighted by atomic mass is 10.1. The fourth-order valence-corrected chi connectivity index (χ4v) is 4.58. The molecule has 0 unspecified atom stereocenters. The summed E-state index contributed by atoms with van der Waals surface area (Å²) in [5.74, 6) is -1.73. The van der Waals surface area contributed by atoms with Crippen LogP contribution in [0.25, 0.3) is 10.9 Å². The highest BCUT2D eigenvalue weighted by atomic mass is 35.5. The van der Waals surface area contributed by atoms with Crippen LogP contribution in [0.3, 0.4) is 0 Å². The Labute approximate surface area is 228 Å². The van der Waals surface area contributed by atoms with Crippen LogP contribution in [0, 0.1) is 5.41 Å².